The zero-order valence-corrected chi connectivity index (χ0v) is 7.05. The molecule has 1 saturated carbocycles. The van der Waals surface area contributed by atoms with Crippen LogP contribution in [0.25, 0.3) is 0 Å². The van der Waals surface area contributed by atoms with E-state index in [-0.39, 0.29) is 17.8 Å². The van der Waals surface area contributed by atoms with Gasteiger partial charge in [-0.3, -0.25) is 4.79 Å². The normalized spacial score (nSPS) is 30.7. The lowest BCUT2D eigenvalue weighted by Gasteiger charge is -2.11. The summed E-state index contributed by atoms with van der Waals surface area (Å²) < 4.78 is 0. The zero-order valence-electron chi connectivity index (χ0n) is 7.05. The van der Waals surface area contributed by atoms with Crippen LogP contribution < -0.4 is 0 Å². The van der Waals surface area contributed by atoms with Crippen molar-refractivity contribution in [2.75, 3.05) is 0 Å². The summed E-state index contributed by atoms with van der Waals surface area (Å²) in [6.45, 7) is 1.88. The second-order valence-corrected chi connectivity index (χ2v) is 3.35. The third kappa shape index (κ3) is 2.29. The van der Waals surface area contributed by atoms with Crippen LogP contribution in [0.2, 0.25) is 0 Å². The molecule has 0 heterocycles. The molecule has 0 aromatic heterocycles. The summed E-state index contributed by atoms with van der Waals surface area (Å²) in [5.74, 6) is 0.554. The first kappa shape index (κ1) is 8.72. The van der Waals surface area contributed by atoms with Gasteiger partial charge in [-0.25, -0.2) is 0 Å². The minimum absolute atomic E-state index is 0.203. The lowest BCUT2D eigenvalue weighted by atomic mass is 9.98. The number of rotatable bonds is 3. The highest BCUT2D eigenvalue weighted by Gasteiger charge is 2.26. The van der Waals surface area contributed by atoms with E-state index in [1.165, 1.54) is 0 Å². The maximum atomic E-state index is 11.0. The Morgan fingerprint density at radius 2 is 2.27 bits per heavy atom. The van der Waals surface area contributed by atoms with Crippen molar-refractivity contribution in [1.82, 2.24) is 0 Å². The summed E-state index contributed by atoms with van der Waals surface area (Å²) in [5.41, 5.74) is 0. The molecular formula is C9H16O2. The van der Waals surface area contributed by atoms with Crippen molar-refractivity contribution in [1.29, 1.82) is 0 Å². The van der Waals surface area contributed by atoms with E-state index in [0.29, 0.717) is 12.8 Å². The smallest absolute Gasteiger partial charge is 0.133 e. The fourth-order valence-corrected chi connectivity index (χ4v) is 1.69. The molecule has 1 aliphatic carbocycles. The summed E-state index contributed by atoms with van der Waals surface area (Å²) >= 11 is 0. The monoisotopic (exact) mass is 156 g/mol. The standard InChI is InChI=1S/C9H16O2/c1-2-8(10)6-7-4-3-5-9(7)11/h7,9,11H,2-6H2,1H3. The number of carbonyl (C=O) groups is 1. The highest BCUT2D eigenvalue weighted by Crippen LogP contribution is 2.28. The summed E-state index contributed by atoms with van der Waals surface area (Å²) in [5, 5.41) is 9.38. The van der Waals surface area contributed by atoms with Gasteiger partial charge in [-0.15, -0.1) is 0 Å². The van der Waals surface area contributed by atoms with Gasteiger partial charge in [0.25, 0.3) is 0 Å². The van der Waals surface area contributed by atoms with Gasteiger partial charge in [0.15, 0.2) is 0 Å². The Balaban J connectivity index is 2.30. The first-order chi connectivity index (χ1) is 5.24. The fraction of sp³-hybridized carbons (Fsp3) is 0.889. The van der Waals surface area contributed by atoms with Gasteiger partial charge in [0.2, 0.25) is 0 Å². The van der Waals surface area contributed by atoms with E-state index in [4.69, 9.17) is 0 Å². The molecule has 0 aromatic rings. The Morgan fingerprint density at radius 1 is 1.55 bits per heavy atom. The predicted molar refractivity (Wildman–Crippen MR) is 43.3 cm³/mol. The fourth-order valence-electron chi connectivity index (χ4n) is 1.69. The largest absolute Gasteiger partial charge is 0.393 e. The third-order valence-corrected chi connectivity index (χ3v) is 2.50. The Kier molecular flexibility index (Phi) is 3.06. The van der Waals surface area contributed by atoms with Crippen LogP contribution in [0, 0.1) is 5.92 Å². The molecule has 0 bridgehead atoms. The van der Waals surface area contributed by atoms with E-state index in [1.54, 1.807) is 0 Å². The Labute approximate surface area is 67.6 Å². The minimum Gasteiger partial charge on any atom is -0.393 e. The molecule has 64 valence electrons. The molecule has 1 fully saturated rings. The first-order valence-corrected chi connectivity index (χ1v) is 4.43. The van der Waals surface area contributed by atoms with Crippen LogP contribution in [-0.2, 0) is 4.79 Å². The molecule has 2 nitrogen and oxygen atoms in total. The second-order valence-electron chi connectivity index (χ2n) is 3.35. The van der Waals surface area contributed by atoms with E-state index in [0.717, 1.165) is 19.3 Å². The molecule has 0 amide bonds. The van der Waals surface area contributed by atoms with Gasteiger partial charge in [-0.05, 0) is 18.8 Å². The third-order valence-electron chi connectivity index (χ3n) is 2.50. The van der Waals surface area contributed by atoms with E-state index in [1.807, 2.05) is 6.92 Å². The van der Waals surface area contributed by atoms with Crippen molar-refractivity contribution in [3.63, 3.8) is 0 Å². The Hall–Kier alpha value is -0.370. The van der Waals surface area contributed by atoms with E-state index < -0.39 is 0 Å². The first-order valence-electron chi connectivity index (χ1n) is 4.43. The molecule has 1 rings (SSSR count). The molecule has 2 atom stereocenters. The van der Waals surface area contributed by atoms with Crippen LogP contribution in [-0.4, -0.2) is 17.0 Å². The van der Waals surface area contributed by atoms with Gasteiger partial charge in [0.1, 0.15) is 5.78 Å². The molecule has 0 spiro atoms. The van der Waals surface area contributed by atoms with Crippen molar-refractivity contribution >= 4 is 5.78 Å². The van der Waals surface area contributed by atoms with E-state index in [9.17, 15) is 9.90 Å². The summed E-state index contributed by atoms with van der Waals surface area (Å²) in [6.07, 6.45) is 4.02. The Bertz CT molecular complexity index is 142. The van der Waals surface area contributed by atoms with Crippen molar-refractivity contribution in [2.24, 2.45) is 5.92 Å². The number of ketones is 1. The number of aliphatic hydroxyl groups excluding tert-OH is 1. The number of aliphatic hydroxyl groups is 1. The topological polar surface area (TPSA) is 37.3 Å². The van der Waals surface area contributed by atoms with Crippen molar-refractivity contribution in [3.05, 3.63) is 0 Å². The highest BCUT2D eigenvalue weighted by molar-refractivity contribution is 5.78. The average Bonchev–Trinajstić information content (AvgIpc) is 2.37. The molecule has 0 aliphatic heterocycles. The number of carbonyl (C=O) groups excluding carboxylic acids is 1. The lowest BCUT2D eigenvalue weighted by Crippen LogP contribution is -2.16. The lowest BCUT2D eigenvalue weighted by molar-refractivity contribution is -0.120. The van der Waals surface area contributed by atoms with E-state index >= 15 is 0 Å². The molecule has 11 heavy (non-hydrogen) atoms. The van der Waals surface area contributed by atoms with Crippen LogP contribution in [0.5, 0.6) is 0 Å². The van der Waals surface area contributed by atoms with Crippen LogP contribution in [0.3, 0.4) is 0 Å². The number of hydrogen-bond acceptors (Lipinski definition) is 2. The van der Waals surface area contributed by atoms with Gasteiger partial charge in [-0.1, -0.05) is 13.3 Å². The van der Waals surface area contributed by atoms with Gasteiger partial charge in [0, 0.05) is 12.8 Å². The quantitative estimate of drug-likeness (QED) is 0.672. The van der Waals surface area contributed by atoms with Crippen molar-refractivity contribution < 1.29 is 9.90 Å². The number of hydrogen-bond donors (Lipinski definition) is 1. The Morgan fingerprint density at radius 3 is 2.73 bits per heavy atom. The maximum Gasteiger partial charge on any atom is 0.133 e. The van der Waals surface area contributed by atoms with Crippen LogP contribution in [0.1, 0.15) is 39.0 Å². The molecule has 2 unspecified atom stereocenters. The summed E-state index contributed by atoms with van der Waals surface area (Å²) in [7, 11) is 0. The molecule has 1 aliphatic rings. The summed E-state index contributed by atoms with van der Waals surface area (Å²) in [6, 6.07) is 0. The number of Topliss-reactive ketones (excluding diaryl/α,β-unsaturated/α-hetero) is 1. The molecule has 2 heteroatoms. The van der Waals surface area contributed by atoms with Gasteiger partial charge < -0.3 is 5.11 Å². The van der Waals surface area contributed by atoms with Crippen LogP contribution in [0.15, 0.2) is 0 Å². The van der Waals surface area contributed by atoms with Gasteiger partial charge in [-0.2, -0.15) is 0 Å². The zero-order chi connectivity index (χ0) is 8.27. The van der Waals surface area contributed by atoms with Crippen molar-refractivity contribution in [2.45, 2.75) is 45.1 Å². The predicted octanol–water partition coefficient (Wildman–Crippen LogP) is 1.52. The van der Waals surface area contributed by atoms with Crippen LogP contribution >= 0.6 is 0 Å². The van der Waals surface area contributed by atoms with E-state index in [2.05, 4.69) is 0 Å². The average molecular weight is 156 g/mol. The molecular weight excluding hydrogens is 140 g/mol. The molecule has 0 saturated heterocycles. The summed E-state index contributed by atoms with van der Waals surface area (Å²) in [4.78, 5) is 11.0. The molecule has 0 radical (unpaired) electrons. The molecule has 1 N–H and O–H groups in total. The minimum atomic E-state index is -0.203. The van der Waals surface area contributed by atoms with Gasteiger partial charge >= 0.3 is 0 Å². The van der Waals surface area contributed by atoms with Crippen LogP contribution in [0.4, 0.5) is 0 Å². The van der Waals surface area contributed by atoms with Gasteiger partial charge in [0.05, 0.1) is 6.10 Å². The second kappa shape index (κ2) is 3.86. The highest BCUT2D eigenvalue weighted by atomic mass is 16.3. The maximum absolute atomic E-state index is 11.0. The van der Waals surface area contributed by atoms with Crippen molar-refractivity contribution in [3.8, 4) is 0 Å². The molecule has 0 aromatic carbocycles. The SMILES string of the molecule is CCC(=O)CC1CCCC1O.